The van der Waals surface area contributed by atoms with Crippen molar-refractivity contribution in [1.82, 2.24) is 9.55 Å². The lowest BCUT2D eigenvalue weighted by molar-refractivity contribution is 0.318. The molecule has 0 amide bonds. The van der Waals surface area contributed by atoms with Crippen molar-refractivity contribution in [1.29, 1.82) is 0 Å². The third kappa shape index (κ3) is 3.13. The molecule has 3 heteroatoms. The van der Waals surface area contributed by atoms with Gasteiger partial charge in [0.1, 0.15) is 0 Å². The van der Waals surface area contributed by atoms with Gasteiger partial charge in [0, 0.05) is 18.3 Å². The van der Waals surface area contributed by atoms with Crippen molar-refractivity contribution in [2.75, 3.05) is 5.32 Å². The zero-order valence-electron chi connectivity index (χ0n) is 12.4. The van der Waals surface area contributed by atoms with E-state index < -0.39 is 0 Å². The van der Waals surface area contributed by atoms with Gasteiger partial charge in [-0.1, -0.05) is 19.8 Å². The molecule has 1 aromatic rings. The van der Waals surface area contributed by atoms with Crippen molar-refractivity contribution in [2.24, 2.45) is 5.92 Å². The molecular formula is C16H27N3. The zero-order valence-corrected chi connectivity index (χ0v) is 12.4. The van der Waals surface area contributed by atoms with Gasteiger partial charge in [0.05, 0.1) is 5.69 Å². The minimum atomic E-state index is 0.646. The largest absolute Gasteiger partial charge is 0.353 e. The molecule has 0 aliphatic heterocycles. The number of hydrogen-bond acceptors (Lipinski definition) is 2. The number of imidazole rings is 1. The first-order chi connectivity index (χ1) is 9.26. The summed E-state index contributed by atoms with van der Waals surface area (Å²) in [5.41, 5.74) is 1.15. The first-order valence-electron chi connectivity index (χ1n) is 8.08. The molecule has 2 aliphatic rings. The van der Waals surface area contributed by atoms with Crippen molar-refractivity contribution >= 4 is 5.95 Å². The summed E-state index contributed by atoms with van der Waals surface area (Å²) in [4.78, 5) is 4.67. The highest BCUT2D eigenvalue weighted by Crippen LogP contribution is 2.38. The highest BCUT2D eigenvalue weighted by Gasteiger charge is 2.28. The Bertz CT molecular complexity index is 412. The summed E-state index contributed by atoms with van der Waals surface area (Å²) in [5, 5.41) is 3.71. The van der Waals surface area contributed by atoms with E-state index in [1.165, 1.54) is 51.4 Å². The first kappa shape index (κ1) is 13.0. The van der Waals surface area contributed by atoms with Crippen molar-refractivity contribution in [3.63, 3.8) is 0 Å². The molecule has 1 N–H and O–H groups in total. The van der Waals surface area contributed by atoms with Crippen LogP contribution in [0.25, 0.3) is 0 Å². The Morgan fingerprint density at radius 1 is 1.21 bits per heavy atom. The van der Waals surface area contributed by atoms with E-state index >= 15 is 0 Å². The van der Waals surface area contributed by atoms with Crippen LogP contribution in [0.4, 0.5) is 5.95 Å². The minimum absolute atomic E-state index is 0.646. The Morgan fingerprint density at radius 3 is 2.58 bits per heavy atom. The van der Waals surface area contributed by atoms with Crippen molar-refractivity contribution < 1.29 is 0 Å². The second kappa shape index (κ2) is 5.56. The van der Waals surface area contributed by atoms with Gasteiger partial charge in [-0.25, -0.2) is 4.98 Å². The Kier molecular flexibility index (Phi) is 3.81. The molecule has 0 radical (unpaired) electrons. The molecule has 2 fully saturated rings. The second-order valence-corrected chi connectivity index (χ2v) is 6.49. The van der Waals surface area contributed by atoms with Crippen LogP contribution in [-0.2, 0) is 0 Å². The molecule has 1 aromatic heterocycles. The van der Waals surface area contributed by atoms with Gasteiger partial charge >= 0.3 is 0 Å². The molecule has 2 aliphatic carbocycles. The normalized spacial score (nSPS) is 27.5. The Labute approximate surface area is 116 Å². The van der Waals surface area contributed by atoms with Crippen LogP contribution < -0.4 is 5.32 Å². The van der Waals surface area contributed by atoms with Crippen molar-refractivity contribution in [2.45, 2.75) is 77.3 Å². The van der Waals surface area contributed by atoms with Gasteiger partial charge in [-0.05, 0) is 51.4 Å². The molecule has 0 spiro atoms. The third-order valence-corrected chi connectivity index (χ3v) is 4.67. The van der Waals surface area contributed by atoms with E-state index in [2.05, 4.69) is 34.9 Å². The summed E-state index contributed by atoms with van der Waals surface area (Å²) >= 11 is 0. The Morgan fingerprint density at radius 2 is 1.95 bits per heavy atom. The quantitative estimate of drug-likeness (QED) is 0.856. The van der Waals surface area contributed by atoms with Gasteiger partial charge in [-0.15, -0.1) is 0 Å². The number of rotatable bonds is 5. The molecule has 0 bridgehead atoms. The van der Waals surface area contributed by atoms with Crippen LogP contribution in [0.2, 0.25) is 0 Å². The molecule has 0 saturated heterocycles. The second-order valence-electron chi connectivity index (χ2n) is 6.49. The number of hydrogen-bond donors (Lipinski definition) is 1. The van der Waals surface area contributed by atoms with E-state index in [0.717, 1.165) is 23.6 Å². The fourth-order valence-corrected chi connectivity index (χ4v) is 3.44. The van der Waals surface area contributed by atoms with Gasteiger partial charge in [0.2, 0.25) is 5.95 Å². The highest BCUT2D eigenvalue weighted by atomic mass is 15.2. The van der Waals surface area contributed by atoms with E-state index in [-0.39, 0.29) is 0 Å². The lowest BCUT2D eigenvalue weighted by Gasteiger charge is -2.29. The lowest BCUT2D eigenvalue weighted by atomic mass is 9.83. The smallest absolute Gasteiger partial charge is 0.203 e. The number of nitrogens with zero attached hydrogens (tertiary/aromatic N) is 2. The molecule has 3 nitrogen and oxygen atoms in total. The number of aromatic nitrogens is 2. The minimum Gasteiger partial charge on any atom is -0.353 e. The van der Waals surface area contributed by atoms with Gasteiger partial charge in [0.15, 0.2) is 0 Å². The van der Waals surface area contributed by atoms with Gasteiger partial charge < -0.3 is 9.88 Å². The average Bonchev–Trinajstić information content (AvgIpc) is 3.17. The fourth-order valence-electron chi connectivity index (χ4n) is 3.44. The fraction of sp³-hybridized carbons (Fsp3) is 0.812. The van der Waals surface area contributed by atoms with Crippen molar-refractivity contribution in [3.05, 3.63) is 11.9 Å². The zero-order chi connectivity index (χ0) is 13.2. The molecule has 19 heavy (non-hydrogen) atoms. The molecule has 1 heterocycles. The molecule has 106 valence electrons. The van der Waals surface area contributed by atoms with Gasteiger partial charge in [-0.3, -0.25) is 0 Å². The maximum atomic E-state index is 4.67. The lowest BCUT2D eigenvalue weighted by Crippen LogP contribution is -2.27. The van der Waals surface area contributed by atoms with E-state index in [0.29, 0.717) is 6.04 Å². The topological polar surface area (TPSA) is 29.9 Å². The molecule has 0 aromatic carbocycles. The van der Waals surface area contributed by atoms with Crippen molar-refractivity contribution in [3.8, 4) is 0 Å². The Balaban J connectivity index is 1.57. The standard InChI is InChI=1S/C16H27N3/c1-3-4-13-5-7-14(8-6-13)18-16-17-12(2)11-19(16)15-9-10-15/h11,13-15H,3-10H2,1-2H3,(H,17,18). The summed E-state index contributed by atoms with van der Waals surface area (Å²) in [6.45, 7) is 4.40. The van der Waals surface area contributed by atoms with Crippen LogP contribution in [0.15, 0.2) is 6.20 Å². The van der Waals surface area contributed by atoms with Crippen LogP contribution in [0.5, 0.6) is 0 Å². The summed E-state index contributed by atoms with van der Waals surface area (Å²) < 4.78 is 2.37. The Hall–Kier alpha value is -0.990. The molecule has 3 rings (SSSR count). The van der Waals surface area contributed by atoms with Gasteiger partial charge in [-0.2, -0.15) is 0 Å². The first-order valence-corrected chi connectivity index (χ1v) is 8.08. The summed E-state index contributed by atoms with van der Waals surface area (Å²) in [5.74, 6) is 2.10. The highest BCUT2D eigenvalue weighted by molar-refractivity contribution is 5.32. The number of nitrogens with one attached hydrogen (secondary N) is 1. The summed E-state index contributed by atoms with van der Waals surface area (Å²) in [6, 6.07) is 1.37. The molecule has 2 saturated carbocycles. The average molecular weight is 261 g/mol. The number of anilines is 1. The van der Waals surface area contributed by atoms with Crippen LogP contribution in [-0.4, -0.2) is 15.6 Å². The van der Waals surface area contributed by atoms with E-state index in [1.807, 2.05) is 0 Å². The van der Waals surface area contributed by atoms with Crippen LogP contribution in [0, 0.1) is 12.8 Å². The van der Waals surface area contributed by atoms with E-state index in [4.69, 9.17) is 0 Å². The SMILES string of the molecule is CCCC1CCC(Nc2nc(C)cn2C2CC2)CC1. The van der Waals surface area contributed by atoms with Crippen LogP contribution in [0.3, 0.4) is 0 Å². The van der Waals surface area contributed by atoms with E-state index in [1.54, 1.807) is 0 Å². The van der Waals surface area contributed by atoms with Gasteiger partial charge in [0.25, 0.3) is 0 Å². The van der Waals surface area contributed by atoms with Crippen LogP contribution >= 0.6 is 0 Å². The predicted octanol–water partition coefficient (Wildman–Crippen LogP) is 4.30. The molecular weight excluding hydrogens is 234 g/mol. The maximum absolute atomic E-state index is 4.67. The van der Waals surface area contributed by atoms with Crippen LogP contribution in [0.1, 0.15) is 70.0 Å². The molecule has 0 atom stereocenters. The third-order valence-electron chi connectivity index (χ3n) is 4.67. The summed E-state index contributed by atoms with van der Waals surface area (Å²) in [6.07, 6.45) is 13.1. The van der Waals surface area contributed by atoms with E-state index in [9.17, 15) is 0 Å². The molecule has 0 unspecified atom stereocenters. The number of aryl methyl sites for hydroxylation is 1. The summed E-state index contributed by atoms with van der Waals surface area (Å²) in [7, 11) is 0. The maximum Gasteiger partial charge on any atom is 0.203 e. The predicted molar refractivity (Wildman–Crippen MR) is 79.5 cm³/mol. The monoisotopic (exact) mass is 261 g/mol.